The molecule has 0 bridgehead atoms. The fraction of sp³-hybridized carbons (Fsp3) is 1.00. The average Bonchev–Trinajstić information content (AvgIpc) is 2.36. The van der Waals surface area contributed by atoms with Crippen molar-refractivity contribution in [3.05, 3.63) is 0 Å². The van der Waals surface area contributed by atoms with Crippen molar-refractivity contribution in [2.24, 2.45) is 0 Å². The zero-order chi connectivity index (χ0) is 8.48. The monoisotopic (exact) mass is 163 g/mol. The molecule has 0 amide bonds. The van der Waals surface area contributed by atoms with Crippen LogP contribution < -0.4 is 0 Å². The second kappa shape index (κ2) is 3.05. The quantitative estimate of drug-likeness (QED) is 0.602. The number of alkyl halides is 2. The highest BCUT2D eigenvalue weighted by atomic mass is 19.3. The SMILES string of the molecule is CCC(F)(F)[C@@H]1CCCN1C. The summed E-state index contributed by atoms with van der Waals surface area (Å²) in [6, 6.07) is -0.507. The minimum absolute atomic E-state index is 0.0397. The number of nitrogens with zero attached hydrogens (tertiary/aromatic N) is 1. The van der Waals surface area contributed by atoms with Gasteiger partial charge in [0.05, 0.1) is 6.04 Å². The fourth-order valence-corrected chi connectivity index (χ4v) is 1.68. The minimum Gasteiger partial charge on any atom is -0.298 e. The largest absolute Gasteiger partial charge is 0.298 e. The molecule has 0 saturated carbocycles. The summed E-state index contributed by atoms with van der Waals surface area (Å²) in [5.41, 5.74) is 0. The van der Waals surface area contributed by atoms with Crippen LogP contribution in [0.2, 0.25) is 0 Å². The van der Waals surface area contributed by atoms with Crippen molar-refractivity contribution in [1.82, 2.24) is 4.90 Å². The van der Waals surface area contributed by atoms with Gasteiger partial charge in [-0.2, -0.15) is 0 Å². The van der Waals surface area contributed by atoms with E-state index in [1.165, 1.54) is 0 Å². The molecule has 0 N–H and O–H groups in total. The first-order valence-corrected chi connectivity index (χ1v) is 4.16. The molecule has 1 saturated heterocycles. The zero-order valence-corrected chi connectivity index (χ0v) is 7.11. The molecular formula is C8H15F2N. The Balaban J connectivity index is 2.58. The smallest absolute Gasteiger partial charge is 0.263 e. The van der Waals surface area contributed by atoms with Crippen molar-refractivity contribution in [3.63, 3.8) is 0 Å². The maximum absolute atomic E-state index is 13.1. The van der Waals surface area contributed by atoms with Crippen LogP contribution in [0.15, 0.2) is 0 Å². The molecule has 1 atom stereocenters. The van der Waals surface area contributed by atoms with Crippen LogP contribution in [0.3, 0.4) is 0 Å². The number of rotatable bonds is 2. The third-order valence-corrected chi connectivity index (χ3v) is 2.48. The van der Waals surface area contributed by atoms with Crippen LogP contribution in [0.5, 0.6) is 0 Å². The number of hydrogen-bond acceptors (Lipinski definition) is 1. The average molecular weight is 163 g/mol. The Morgan fingerprint density at radius 2 is 2.18 bits per heavy atom. The standard InChI is InChI=1S/C8H15F2N/c1-3-8(9,10)7-5-4-6-11(7)2/h7H,3-6H2,1-2H3/t7-/m0/s1. The van der Waals surface area contributed by atoms with E-state index in [4.69, 9.17) is 0 Å². The van der Waals surface area contributed by atoms with Crippen LogP contribution in [0, 0.1) is 0 Å². The molecule has 1 aliphatic rings. The van der Waals surface area contributed by atoms with E-state index in [2.05, 4.69) is 0 Å². The predicted octanol–water partition coefficient (Wildman–Crippen LogP) is 2.13. The minimum atomic E-state index is -2.48. The lowest BCUT2D eigenvalue weighted by Crippen LogP contribution is -2.41. The Morgan fingerprint density at radius 3 is 2.55 bits per heavy atom. The van der Waals surface area contributed by atoms with Gasteiger partial charge in [0.15, 0.2) is 0 Å². The summed E-state index contributed by atoms with van der Waals surface area (Å²) in [6.07, 6.45) is 1.52. The summed E-state index contributed by atoms with van der Waals surface area (Å²) >= 11 is 0. The second-order valence-electron chi connectivity index (χ2n) is 3.25. The maximum atomic E-state index is 13.1. The molecule has 0 aromatic carbocycles. The van der Waals surface area contributed by atoms with Crippen molar-refractivity contribution in [3.8, 4) is 0 Å². The van der Waals surface area contributed by atoms with Gasteiger partial charge in [0.25, 0.3) is 5.92 Å². The van der Waals surface area contributed by atoms with Crippen LogP contribution in [0.4, 0.5) is 8.78 Å². The lowest BCUT2D eigenvalue weighted by Gasteiger charge is -2.27. The van der Waals surface area contributed by atoms with Gasteiger partial charge in [-0.05, 0) is 26.4 Å². The van der Waals surface area contributed by atoms with Crippen LogP contribution in [0.25, 0.3) is 0 Å². The Bertz CT molecular complexity index is 136. The van der Waals surface area contributed by atoms with Crippen molar-refractivity contribution >= 4 is 0 Å². The highest BCUT2D eigenvalue weighted by Crippen LogP contribution is 2.32. The summed E-state index contributed by atoms with van der Waals surface area (Å²) in [4.78, 5) is 1.77. The van der Waals surface area contributed by atoms with Gasteiger partial charge in [0.2, 0.25) is 0 Å². The third-order valence-electron chi connectivity index (χ3n) is 2.48. The molecule has 0 aliphatic carbocycles. The summed E-state index contributed by atoms with van der Waals surface area (Å²) in [5.74, 6) is -2.48. The van der Waals surface area contributed by atoms with Gasteiger partial charge in [0, 0.05) is 6.42 Å². The molecule has 1 rings (SSSR count). The van der Waals surface area contributed by atoms with Gasteiger partial charge in [-0.15, -0.1) is 0 Å². The third kappa shape index (κ3) is 1.70. The molecule has 66 valence electrons. The predicted molar refractivity (Wildman–Crippen MR) is 40.9 cm³/mol. The molecule has 3 heteroatoms. The molecule has 0 spiro atoms. The second-order valence-corrected chi connectivity index (χ2v) is 3.25. The molecule has 0 aromatic heterocycles. The van der Waals surface area contributed by atoms with E-state index < -0.39 is 12.0 Å². The van der Waals surface area contributed by atoms with Gasteiger partial charge in [0.1, 0.15) is 0 Å². The first kappa shape index (κ1) is 8.91. The van der Waals surface area contributed by atoms with Gasteiger partial charge >= 0.3 is 0 Å². The van der Waals surface area contributed by atoms with Gasteiger partial charge in [-0.25, -0.2) is 8.78 Å². The van der Waals surface area contributed by atoms with Gasteiger partial charge in [-0.1, -0.05) is 6.92 Å². The van der Waals surface area contributed by atoms with Crippen LogP contribution >= 0.6 is 0 Å². The van der Waals surface area contributed by atoms with Crippen molar-refractivity contribution in [2.45, 2.75) is 38.2 Å². The Labute approximate surface area is 66.4 Å². The van der Waals surface area contributed by atoms with Crippen molar-refractivity contribution < 1.29 is 8.78 Å². The molecule has 0 unspecified atom stereocenters. The lowest BCUT2D eigenvalue weighted by atomic mass is 10.1. The number of halogens is 2. The molecule has 1 fully saturated rings. The maximum Gasteiger partial charge on any atom is 0.263 e. The first-order chi connectivity index (χ1) is 5.08. The van der Waals surface area contributed by atoms with E-state index in [1.807, 2.05) is 0 Å². The van der Waals surface area contributed by atoms with Gasteiger partial charge in [-0.3, -0.25) is 4.90 Å². The van der Waals surface area contributed by atoms with E-state index in [1.54, 1.807) is 18.9 Å². The Kier molecular flexibility index (Phi) is 2.47. The van der Waals surface area contributed by atoms with Crippen molar-refractivity contribution in [1.29, 1.82) is 0 Å². The summed E-state index contributed by atoms with van der Waals surface area (Å²) in [6.45, 7) is 2.37. The van der Waals surface area contributed by atoms with E-state index in [-0.39, 0.29) is 6.42 Å². The normalized spacial score (nSPS) is 27.8. The summed E-state index contributed by atoms with van der Waals surface area (Å²) < 4.78 is 26.1. The molecule has 0 aromatic rings. The zero-order valence-electron chi connectivity index (χ0n) is 7.11. The fourth-order valence-electron chi connectivity index (χ4n) is 1.68. The van der Waals surface area contributed by atoms with Crippen LogP contribution in [-0.2, 0) is 0 Å². The first-order valence-electron chi connectivity index (χ1n) is 4.16. The van der Waals surface area contributed by atoms with Crippen LogP contribution in [-0.4, -0.2) is 30.5 Å². The number of hydrogen-bond donors (Lipinski definition) is 0. The molecular weight excluding hydrogens is 148 g/mol. The van der Waals surface area contributed by atoms with E-state index in [9.17, 15) is 8.78 Å². The van der Waals surface area contributed by atoms with Crippen LogP contribution in [0.1, 0.15) is 26.2 Å². The van der Waals surface area contributed by atoms with E-state index in [0.29, 0.717) is 6.42 Å². The molecule has 1 aliphatic heterocycles. The summed E-state index contributed by atoms with van der Waals surface area (Å²) in [7, 11) is 1.78. The number of likely N-dealkylation sites (tertiary alicyclic amines) is 1. The summed E-state index contributed by atoms with van der Waals surface area (Å²) in [5, 5.41) is 0. The Hall–Kier alpha value is -0.180. The van der Waals surface area contributed by atoms with Gasteiger partial charge < -0.3 is 0 Å². The molecule has 11 heavy (non-hydrogen) atoms. The lowest BCUT2D eigenvalue weighted by molar-refractivity contribution is -0.0656. The van der Waals surface area contributed by atoms with Crippen molar-refractivity contribution in [2.75, 3.05) is 13.6 Å². The van der Waals surface area contributed by atoms with E-state index >= 15 is 0 Å². The topological polar surface area (TPSA) is 3.24 Å². The highest BCUT2D eigenvalue weighted by molar-refractivity contribution is 4.87. The highest BCUT2D eigenvalue weighted by Gasteiger charge is 2.42. The Morgan fingerprint density at radius 1 is 1.55 bits per heavy atom. The molecule has 1 nitrogen and oxygen atoms in total. The molecule has 1 heterocycles. The molecule has 0 radical (unpaired) electrons. The van der Waals surface area contributed by atoms with E-state index in [0.717, 1.165) is 13.0 Å².